The van der Waals surface area contributed by atoms with Crippen LogP contribution in [-0.4, -0.2) is 41.0 Å². The third-order valence-corrected chi connectivity index (χ3v) is 6.57. The van der Waals surface area contributed by atoms with Gasteiger partial charge in [-0.3, -0.25) is 0 Å². The first-order chi connectivity index (χ1) is 16.9. The summed E-state index contributed by atoms with van der Waals surface area (Å²) in [6, 6.07) is 12.1. The van der Waals surface area contributed by atoms with Crippen LogP contribution in [0.5, 0.6) is 0 Å². The van der Waals surface area contributed by atoms with Crippen LogP contribution in [0.25, 0.3) is 6.08 Å². The molecule has 196 valence electrons. The van der Waals surface area contributed by atoms with Gasteiger partial charge in [0.2, 0.25) is 0 Å². The van der Waals surface area contributed by atoms with E-state index in [4.69, 9.17) is 9.84 Å². The van der Waals surface area contributed by atoms with E-state index in [2.05, 4.69) is 43.4 Å². The second-order valence-corrected chi connectivity index (χ2v) is 10.1. The summed E-state index contributed by atoms with van der Waals surface area (Å²) < 4.78 is 46.2. The molecule has 5 nitrogen and oxygen atoms in total. The highest BCUT2D eigenvalue weighted by Crippen LogP contribution is 2.36. The molecule has 0 heterocycles. The maximum atomic E-state index is 13.5. The van der Waals surface area contributed by atoms with Crippen molar-refractivity contribution in [1.29, 1.82) is 0 Å². The van der Waals surface area contributed by atoms with Crippen LogP contribution in [-0.2, 0) is 28.5 Å². The van der Waals surface area contributed by atoms with E-state index < -0.39 is 29.9 Å². The fourth-order valence-corrected chi connectivity index (χ4v) is 4.91. The molecule has 1 aliphatic carbocycles. The third kappa shape index (κ3) is 7.66. The molecular weight excluding hydrogens is 471 g/mol. The van der Waals surface area contributed by atoms with Crippen molar-refractivity contribution in [2.24, 2.45) is 5.92 Å². The van der Waals surface area contributed by atoms with Gasteiger partial charge in [0.05, 0.1) is 24.4 Å². The fraction of sp³-hybridized carbons (Fsp3) is 0.464. The first-order valence-electron chi connectivity index (χ1n) is 12.1. The van der Waals surface area contributed by atoms with Gasteiger partial charge in [0, 0.05) is 18.2 Å². The van der Waals surface area contributed by atoms with Crippen molar-refractivity contribution in [2.75, 3.05) is 13.2 Å². The molecule has 0 bridgehead atoms. The molecule has 0 saturated heterocycles. The molecule has 0 unspecified atom stereocenters. The normalized spacial score (nSPS) is 16.3. The van der Waals surface area contributed by atoms with Crippen LogP contribution in [0.15, 0.2) is 48.5 Å². The molecule has 0 radical (unpaired) electrons. The highest BCUT2D eigenvalue weighted by molar-refractivity contribution is 5.86. The summed E-state index contributed by atoms with van der Waals surface area (Å²) in [5.41, 5.74) is 1.58. The lowest BCUT2D eigenvalue weighted by molar-refractivity contribution is -0.138. The van der Waals surface area contributed by atoms with Gasteiger partial charge < -0.3 is 20.3 Å². The summed E-state index contributed by atoms with van der Waals surface area (Å²) in [5.74, 6) is -0.825. The molecule has 1 aliphatic rings. The number of carboxylic acid groups (broad SMARTS) is 1. The van der Waals surface area contributed by atoms with E-state index in [1.54, 1.807) is 6.92 Å². The Balaban J connectivity index is 1.55. The van der Waals surface area contributed by atoms with Gasteiger partial charge in [-0.15, -0.1) is 0 Å². The van der Waals surface area contributed by atoms with Crippen molar-refractivity contribution in [3.63, 3.8) is 0 Å². The van der Waals surface area contributed by atoms with Crippen LogP contribution in [0.4, 0.5) is 13.2 Å². The van der Waals surface area contributed by atoms with E-state index in [1.807, 2.05) is 0 Å². The molecule has 2 atom stereocenters. The Morgan fingerprint density at radius 1 is 1.14 bits per heavy atom. The van der Waals surface area contributed by atoms with E-state index in [9.17, 15) is 23.1 Å². The SMILES string of the molecule is C[C@@H](OC[C@@H](O)CNC(C)(C)CC1Cc2ccccc2C1)c1cccc(C(F)(F)F)c1/C=C/C(=O)O. The van der Waals surface area contributed by atoms with Gasteiger partial charge in [0.1, 0.15) is 0 Å². The molecule has 0 aliphatic heterocycles. The van der Waals surface area contributed by atoms with Crippen LogP contribution < -0.4 is 5.32 Å². The molecule has 8 heteroatoms. The smallest absolute Gasteiger partial charge is 0.416 e. The number of nitrogens with one attached hydrogen (secondary N) is 1. The van der Waals surface area contributed by atoms with Crippen LogP contribution in [0.1, 0.15) is 61.1 Å². The fourth-order valence-electron chi connectivity index (χ4n) is 4.91. The highest BCUT2D eigenvalue weighted by atomic mass is 19.4. The largest absolute Gasteiger partial charge is 0.478 e. The molecule has 3 N–H and O–H groups in total. The van der Waals surface area contributed by atoms with E-state index in [1.165, 1.54) is 23.3 Å². The lowest BCUT2D eigenvalue weighted by Crippen LogP contribution is -2.45. The zero-order valence-corrected chi connectivity index (χ0v) is 20.8. The number of β-amino-alcohol motifs (C(OH)–C–C–N with tert-alkyl or cyclic N) is 1. The number of aliphatic hydroxyl groups is 1. The first kappa shape index (κ1) is 27.9. The van der Waals surface area contributed by atoms with Crippen LogP contribution in [0.2, 0.25) is 0 Å². The Hall–Kier alpha value is -2.68. The Morgan fingerprint density at radius 3 is 2.36 bits per heavy atom. The standard InChI is InChI=1S/C28H34F3NO4/c1-18(23-9-6-10-25(28(29,30)31)24(23)11-12-26(34)35)36-17-22(33)16-32-27(2,3)15-19-13-20-7-4-5-8-21(20)14-19/h4-12,18-19,22,32-33H,13-17H2,1-3H3,(H,34,35)/b12-11+/t18-,22+/m1/s1. The van der Waals surface area contributed by atoms with Crippen molar-refractivity contribution in [1.82, 2.24) is 5.32 Å². The average Bonchev–Trinajstić information content (AvgIpc) is 3.20. The number of alkyl halides is 3. The number of ether oxygens (including phenoxy) is 1. The number of hydrogen-bond donors (Lipinski definition) is 3. The number of benzene rings is 2. The van der Waals surface area contributed by atoms with Crippen molar-refractivity contribution in [3.05, 3.63) is 76.4 Å². The molecule has 0 saturated carbocycles. The Bertz CT molecular complexity index is 1060. The Labute approximate surface area is 210 Å². The molecular formula is C28H34F3NO4. The molecule has 2 aromatic rings. The summed E-state index contributed by atoms with van der Waals surface area (Å²) in [6.45, 7) is 5.95. The van der Waals surface area contributed by atoms with E-state index in [0.29, 0.717) is 12.0 Å². The molecule has 0 amide bonds. The second kappa shape index (κ2) is 11.6. The zero-order valence-electron chi connectivity index (χ0n) is 20.8. The summed E-state index contributed by atoms with van der Waals surface area (Å²) in [7, 11) is 0. The van der Waals surface area contributed by atoms with Crippen molar-refractivity contribution in [3.8, 4) is 0 Å². The maximum absolute atomic E-state index is 13.5. The topological polar surface area (TPSA) is 78.8 Å². The average molecular weight is 506 g/mol. The van der Waals surface area contributed by atoms with Gasteiger partial charge in [-0.25, -0.2) is 4.79 Å². The van der Waals surface area contributed by atoms with Crippen LogP contribution in [0.3, 0.4) is 0 Å². The number of aliphatic carboxylic acids is 1. The second-order valence-electron chi connectivity index (χ2n) is 10.1. The molecule has 3 rings (SSSR count). The molecule has 0 aromatic heterocycles. The molecule has 0 spiro atoms. The summed E-state index contributed by atoms with van der Waals surface area (Å²) in [4.78, 5) is 10.9. The number of carboxylic acids is 1. The third-order valence-electron chi connectivity index (χ3n) is 6.57. The lowest BCUT2D eigenvalue weighted by atomic mass is 9.88. The first-order valence-corrected chi connectivity index (χ1v) is 12.1. The van der Waals surface area contributed by atoms with Gasteiger partial charge in [0.25, 0.3) is 0 Å². The number of carbonyl (C=O) groups is 1. The van der Waals surface area contributed by atoms with Gasteiger partial charge in [0.15, 0.2) is 0 Å². The zero-order chi connectivity index (χ0) is 26.5. The summed E-state index contributed by atoms with van der Waals surface area (Å²) >= 11 is 0. The van der Waals surface area contributed by atoms with Gasteiger partial charge >= 0.3 is 12.1 Å². The van der Waals surface area contributed by atoms with Crippen LogP contribution >= 0.6 is 0 Å². The van der Waals surface area contributed by atoms with Crippen molar-refractivity contribution < 1.29 is 32.9 Å². The summed E-state index contributed by atoms with van der Waals surface area (Å²) in [5, 5.41) is 22.8. The van der Waals surface area contributed by atoms with Crippen molar-refractivity contribution in [2.45, 2.75) is 64.0 Å². The van der Waals surface area contributed by atoms with Gasteiger partial charge in [-0.1, -0.05) is 36.4 Å². The van der Waals surface area contributed by atoms with E-state index in [-0.39, 0.29) is 29.8 Å². The van der Waals surface area contributed by atoms with Gasteiger partial charge in [-0.05, 0) is 80.3 Å². The number of halogens is 3. The Kier molecular flexibility index (Phi) is 8.98. The van der Waals surface area contributed by atoms with E-state index >= 15 is 0 Å². The molecule has 2 aromatic carbocycles. The predicted octanol–water partition coefficient (Wildman–Crippen LogP) is 5.42. The monoisotopic (exact) mass is 505 g/mol. The minimum absolute atomic E-state index is 0.0859. The number of fused-ring (bicyclic) bond motifs is 1. The van der Waals surface area contributed by atoms with Crippen LogP contribution in [0, 0.1) is 5.92 Å². The number of rotatable bonds is 11. The Morgan fingerprint density at radius 2 is 1.78 bits per heavy atom. The van der Waals surface area contributed by atoms with Crippen molar-refractivity contribution >= 4 is 12.0 Å². The maximum Gasteiger partial charge on any atom is 0.416 e. The number of hydrogen-bond acceptors (Lipinski definition) is 4. The molecule has 36 heavy (non-hydrogen) atoms. The minimum Gasteiger partial charge on any atom is -0.478 e. The van der Waals surface area contributed by atoms with Gasteiger partial charge in [-0.2, -0.15) is 13.2 Å². The number of aliphatic hydroxyl groups excluding tert-OH is 1. The lowest BCUT2D eigenvalue weighted by Gasteiger charge is -2.31. The predicted molar refractivity (Wildman–Crippen MR) is 133 cm³/mol. The quantitative estimate of drug-likeness (QED) is 0.356. The minimum atomic E-state index is -4.65. The van der Waals surface area contributed by atoms with E-state index in [0.717, 1.165) is 31.4 Å². The molecule has 0 fully saturated rings. The summed E-state index contributed by atoms with van der Waals surface area (Å²) in [6.07, 6.45) is -1.68. The highest BCUT2D eigenvalue weighted by Gasteiger charge is 2.34.